The van der Waals surface area contributed by atoms with Crippen molar-refractivity contribution in [3.63, 3.8) is 0 Å². The van der Waals surface area contributed by atoms with E-state index in [2.05, 4.69) is 16.5 Å². The van der Waals surface area contributed by atoms with Crippen molar-refractivity contribution in [3.8, 4) is 11.5 Å². The van der Waals surface area contributed by atoms with Crippen molar-refractivity contribution >= 4 is 5.91 Å². The van der Waals surface area contributed by atoms with Crippen LogP contribution in [-0.2, 0) is 17.9 Å². The van der Waals surface area contributed by atoms with Crippen LogP contribution in [0.25, 0.3) is 0 Å². The Morgan fingerprint density at radius 3 is 2.41 bits per heavy atom. The van der Waals surface area contributed by atoms with Gasteiger partial charge in [-0.05, 0) is 54.8 Å². The first-order valence-corrected chi connectivity index (χ1v) is 9.91. The zero-order valence-corrected chi connectivity index (χ0v) is 16.7. The summed E-state index contributed by atoms with van der Waals surface area (Å²) in [5, 5.41) is 7.24. The molecule has 29 heavy (non-hydrogen) atoms. The predicted molar refractivity (Wildman–Crippen MR) is 112 cm³/mol. The highest BCUT2D eigenvalue weighted by atomic mass is 16.5. The first kappa shape index (κ1) is 20.5. The van der Waals surface area contributed by atoms with E-state index in [1.54, 1.807) is 6.20 Å². The molecule has 1 amide bonds. The summed E-state index contributed by atoms with van der Waals surface area (Å²) in [6.45, 7) is 4.29. The predicted octanol–water partition coefficient (Wildman–Crippen LogP) is 3.81. The number of nitrogens with zero attached hydrogens (tertiary/aromatic N) is 2. The summed E-state index contributed by atoms with van der Waals surface area (Å²) >= 11 is 0. The van der Waals surface area contributed by atoms with Crippen LogP contribution in [0.2, 0.25) is 0 Å². The third-order valence-corrected chi connectivity index (χ3v) is 4.44. The molecule has 0 atom stereocenters. The second-order valence-electron chi connectivity index (χ2n) is 6.61. The molecule has 0 aliphatic carbocycles. The molecule has 0 unspecified atom stereocenters. The van der Waals surface area contributed by atoms with Gasteiger partial charge >= 0.3 is 0 Å². The number of rotatable bonds is 11. The molecule has 0 fully saturated rings. The van der Waals surface area contributed by atoms with Crippen molar-refractivity contribution in [3.05, 3.63) is 78.1 Å². The molecule has 1 heterocycles. The number of carbonyl (C=O) groups excluding carboxylic acids is 1. The topological polar surface area (TPSA) is 65.4 Å². The molecular weight excluding hydrogens is 366 g/mol. The van der Waals surface area contributed by atoms with Gasteiger partial charge < -0.3 is 14.8 Å². The van der Waals surface area contributed by atoms with Crippen LogP contribution in [0.1, 0.15) is 30.9 Å². The fourth-order valence-electron chi connectivity index (χ4n) is 2.96. The number of hydrogen-bond donors (Lipinski definition) is 1. The van der Waals surface area contributed by atoms with Crippen molar-refractivity contribution in [2.45, 2.75) is 32.9 Å². The number of carbonyl (C=O) groups is 1. The van der Waals surface area contributed by atoms with E-state index in [0.717, 1.165) is 22.6 Å². The van der Waals surface area contributed by atoms with E-state index in [-0.39, 0.29) is 5.91 Å². The minimum Gasteiger partial charge on any atom is -0.494 e. The molecule has 0 saturated carbocycles. The average Bonchev–Trinajstić information content (AvgIpc) is 3.25. The van der Waals surface area contributed by atoms with Gasteiger partial charge in [0.05, 0.1) is 19.8 Å². The second kappa shape index (κ2) is 10.9. The van der Waals surface area contributed by atoms with E-state index in [1.807, 2.05) is 66.3 Å². The molecule has 0 radical (unpaired) electrons. The Morgan fingerprint density at radius 2 is 1.72 bits per heavy atom. The van der Waals surface area contributed by atoms with Crippen LogP contribution in [0.5, 0.6) is 11.5 Å². The smallest absolute Gasteiger partial charge is 0.220 e. The summed E-state index contributed by atoms with van der Waals surface area (Å²) in [7, 11) is 0. The zero-order chi connectivity index (χ0) is 20.3. The number of ether oxygens (including phenoxy) is 2. The molecule has 1 aromatic heterocycles. The quantitative estimate of drug-likeness (QED) is 0.503. The fraction of sp³-hybridized carbons (Fsp3) is 0.304. The molecule has 3 rings (SSSR count). The lowest BCUT2D eigenvalue weighted by Crippen LogP contribution is -2.23. The second-order valence-corrected chi connectivity index (χ2v) is 6.61. The maximum Gasteiger partial charge on any atom is 0.220 e. The highest BCUT2D eigenvalue weighted by Gasteiger charge is 2.06. The van der Waals surface area contributed by atoms with E-state index in [1.165, 1.54) is 0 Å². The standard InChI is InChI=1S/C23H27N3O3/c1-2-28-21-10-12-22(13-11-21)29-16-5-9-23(27)24-17-19-7-3-4-8-20(19)18-26-15-6-14-25-26/h3-4,6-8,10-15H,2,5,9,16-18H2,1H3,(H,24,27). The molecule has 0 bridgehead atoms. The minimum atomic E-state index is 0.0224. The Morgan fingerprint density at radius 1 is 1.00 bits per heavy atom. The highest BCUT2D eigenvalue weighted by molar-refractivity contribution is 5.75. The van der Waals surface area contributed by atoms with Crippen molar-refractivity contribution < 1.29 is 14.3 Å². The summed E-state index contributed by atoms with van der Waals surface area (Å²) < 4.78 is 13.0. The van der Waals surface area contributed by atoms with Crippen molar-refractivity contribution in [1.29, 1.82) is 0 Å². The van der Waals surface area contributed by atoms with E-state index < -0.39 is 0 Å². The molecule has 0 saturated heterocycles. The Kier molecular flexibility index (Phi) is 7.69. The van der Waals surface area contributed by atoms with E-state index in [9.17, 15) is 4.79 Å². The monoisotopic (exact) mass is 393 g/mol. The molecule has 6 nitrogen and oxygen atoms in total. The molecular formula is C23H27N3O3. The number of hydrogen-bond acceptors (Lipinski definition) is 4. The molecule has 1 N–H and O–H groups in total. The Bertz CT molecular complexity index is 877. The largest absolute Gasteiger partial charge is 0.494 e. The van der Waals surface area contributed by atoms with Gasteiger partial charge in [0, 0.05) is 25.4 Å². The van der Waals surface area contributed by atoms with Crippen LogP contribution in [0.4, 0.5) is 0 Å². The van der Waals surface area contributed by atoms with Crippen molar-refractivity contribution in [2.24, 2.45) is 0 Å². The van der Waals surface area contributed by atoms with Gasteiger partial charge in [0.2, 0.25) is 5.91 Å². The normalized spacial score (nSPS) is 10.5. The summed E-state index contributed by atoms with van der Waals surface area (Å²) in [6, 6.07) is 17.5. The first-order valence-electron chi connectivity index (χ1n) is 9.91. The molecule has 3 aromatic rings. The van der Waals surface area contributed by atoms with Crippen molar-refractivity contribution in [1.82, 2.24) is 15.1 Å². The van der Waals surface area contributed by atoms with Crippen LogP contribution in [0.3, 0.4) is 0 Å². The van der Waals surface area contributed by atoms with Gasteiger partial charge in [-0.2, -0.15) is 5.10 Å². The average molecular weight is 393 g/mol. The van der Waals surface area contributed by atoms with Crippen LogP contribution >= 0.6 is 0 Å². The number of nitrogens with one attached hydrogen (secondary N) is 1. The third kappa shape index (κ3) is 6.68. The van der Waals surface area contributed by atoms with Gasteiger partial charge in [-0.3, -0.25) is 9.48 Å². The molecule has 0 aliphatic rings. The zero-order valence-electron chi connectivity index (χ0n) is 16.7. The van der Waals surface area contributed by atoms with Crippen LogP contribution in [0, 0.1) is 0 Å². The van der Waals surface area contributed by atoms with Gasteiger partial charge in [0.1, 0.15) is 11.5 Å². The van der Waals surface area contributed by atoms with Gasteiger partial charge in [0.25, 0.3) is 0 Å². The molecule has 152 valence electrons. The Labute approximate surface area is 171 Å². The maximum absolute atomic E-state index is 12.2. The number of aromatic nitrogens is 2. The Hall–Kier alpha value is -3.28. The van der Waals surface area contributed by atoms with E-state index in [0.29, 0.717) is 39.1 Å². The fourth-order valence-corrected chi connectivity index (χ4v) is 2.96. The lowest BCUT2D eigenvalue weighted by molar-refractivity contribution is -0.121. The molecule has 0 spiro atoms. The lowest BCUT2D eigenvalue weighted by atomic mass is 10.1. The summed E-state index contributed by atoms with van der Waals surface area (Å²) in [5.41, 5.74) is 2.25. The maximum atomic E-state index is 12.2. The highest BCUT2D eigenvalue weighted by Crippen LogP contribution is 2.17. The van der Waals surface area contributed by atoms with Crippen LogP contribution < -0.4 is 14.8 Å². The van der Waals surface area contributed by atoms with Gasteiger partial charge in [0.15, 0.2) is 0 Å². The summed E-state index contributed by atoms with van der Waals surface area (Å²) in [5.74, 6) is 1.63. The van der Waals surface area contributed by atoms with Crippen LogP contribution in [0.15, 0.2) is 67.0 Å². The number of amides is 1. The SMILES string of the molecule is CCOc1ccc(OCCCC(=O)NCc2ccccc2Cn2cccn2)cc1. The molecule has 2 aromatic carbocycles. The summed E-state index contributed by atoms with van der Waals surface area (Å²) in [6.07, 6.45) is 4.78. The summed E-state index contributed by atoms with van der Waals surface area (Å²) in [4.78, 5) is 12.2. The number of benzene rings is 2. The molecule has 6 heteroatoms. The third-order valence-electron chi connectivity index (χ3n) is 4.44. The minimum absolute atomic E-state index is 0.0224. The van der Waals surface area contributed by atoms with Gasteiger partial charge in [-0.1, -0.05) is 24.3 Å². The molecule has 0 aliphatic heterocycles. The van der Waals surface area contributed by atoms with Crippen molar-refractivity contribution in [2.75, 3.05) is 13.2 Å². The van der Waals surface area contributed by atoms with Gasteiger partial charge in [-0.15, -0.1) is 0 Å². The van der Waals surface area contributed by atoms with Crippen LogP contribution in [-0.4, -0.2) is 28.9 Å². The first-order chi connectivity index (χ1) is 14.2. The van der Waals surface area contributed by atoms with E-state index in [4.69, 9.17) is 9.47 Å². The lowest BCUT2D eigenvalue weighted by Gasteiger charge is -2.11. The Balaban J connectivity index is 1.38. The van der Waals surface area contributed by atoms with E-state index >= 15 is 0 Å². The van der Waals surface area contributed by atoms with Gasteiger partial charge in [-0.25, -0.2) is 0 Å².